The lowest BCUT2D eigenvalue weighted by atomic mass is 9.84. The van der Waals surface area contributed by atoms with Gasteiger partial charge in [-0.2, -0.15) is 16.8 Å². The molecule has 2 aromatic rings. The summed E-state index contributed by atoms with van der Waals surface area (Å²) in [5.41, 5.74) is 2.74. The molecule has 2 aromatic carbocycles. The largest absolute Gasteiger partial charge is 0.380 e. The minimum Gasteiger partial charge on any atom is -0.380 e. The van der Waals surface area contributed by atoms with Crippen molar-refractivity contribution in [2.45, 2.75) is 23.3 Å². The maximum absolute atomic E-state index is 12.9. The number of ether oxygens (including phenoxy) is 1. The van der Waals surface area contributed by atoms with Gasteiger partial charge in [0, 0.05) is 19.6 Å². The van der Waals surface area contributed by atoms with Crippen LogP contribution in [-0.4, -0.2) is 37.1 Å². The number of allylic oxidation sites excluding steroid dienone is 4. The second-order valence-electron chi connectivity index (χ2n) is 8.16. The molecule has 0 saturated carbocycles. The van der Waals surface area contributed by atoms with E-state index in [9.17, 15) is 25.9 Å². The molecule has 10 heteroatoms. The zero-order valence-corrected chi connectivity index (χ0v) is 20.0. The number of nitrogens with one attached hydrogen (secondary N) is 1. The van der Waals surface area contributed by atoms with E-state index in [0.29, 0.717) is 17.7 Å². The van der Waals surface area contributed by atoms with E-state index in [-0.39, 0.29) is 12.2 Å². The van der Waals surface area contributed by atoms with Crippen LogP contribution in [0, 0.1) is 5.92 Å². The molecule has 0 bridgehead atoms. The van der Waals surface area contributed by atoms with Crippen LogP contribution in [0.15, 0.2) is 78.4 Å². The first-order chi connectivity index (χ1) is 16.1. The van der Waals surface area contributed by atoms with E-state index in [2.05, 4.69) is 5.32 Å². The minimum atomic E-state index is -5.39. The monoisotopic (exact) mass is 503 g/mol. The van der Waals surface area contributed by atoms with Gasteiger partial charge in [0.05, 0.1) is 12.6 Å². The summed E-state index contributed by atoms with van der Waals surface area (Å²) in [5.74, 6) is -1.40. The van der Waals surface area contributed by atoms with Gasteiger partial charge in [-0.05, 0) is 27.8 Å². The van der Waals surface area contributed by atoms with Gasteiger partial charge >= 0.3 is 0 Å². The fraction of sp³-hybridized carbons (Fsp3) is 0.250. The maximum atomic E-state index is 12.9. The van der Waals surface area contributed by atoms with Crippen LogP contribution in [0.4, 0.5) is 0 Å². The standard InChI is InChI=1S/C24H25NO7S2/c1-32-16-19-10-5-9-18-15-25-23(22(18)19)21-12-6-11-20(14-13-17-7-3-2-4-8-17)24(21,33(26,27)28)34(29,30)31/h2-14,20,23,25H,15-16H2,1H3,(H,26,27,28)(H,29,30,31). The molecule has 1 aliphatic carbocycles. The Labute approximate surface area is 199 Å². The molecule has 2 atom stereocenters. The van der Waals surface area contributed by atoms with Crippen LogP contribution in [0.5, 0.6) is 0 Å². The van der Waals surface area contributed by atoms with Crippen molar-refractivity contribution in [2.75, 3.05) is 7.11 Å². The van der Waals surface area contributed by atoms with Gasteiger partial charge in [-0.1, -0.05) is 78.9 Å². The smallest absolute Gasteiger partial charge is 0.292 e. The fourth-order valence-corrected chi connectivity index (χ4v) is 7.84. The second kappa shape index (κ2) is 9.21. The molecule has 4 rings (SSSR count). The Bertz CT molecular complexity index is 1350. The molecule has 1 aliphatic heterocycles. The lowest BCUT2D eigenvalue weighted by Crippen LogP contribution is -2.55. The average Bonchev–Trinajstić information content (AvgIpc) is 3.21. The van der Waals surface area contributed by atoms with Crippen LogP contribution in [0.3, 0.4) is 0 Å². The van der Waals surface area contributed by atoms with Crippen LogP contribution in [0.1, 0.15) is 28.3 Å². The minimum absolute atomic E-state index is 0.190. The molecule has 34 heavy (non-hydrogen) atoms. The molecule has 2 unspecified atom stereocenters. The summed E-state index contributed by atoms with van der Waals surface area (Å²) in [5, 5.41) is 3.15. The molecular weight excluding hydrogens is 478 g/mol. The van der Waals surface area contributed by atoms with Crippen LogP contribution >= 0.6 is 0 Å². The Morgan fingerprint density at radius 3 is 2.41 bits per heavy atom. The summed E-state index contributed by atoms with van der Waals surface area (Å²) in [6.45, 7) is 0.558. The van der Waals surface area contributed by atoms with Gasteiger partial charge in [-0.25, -0.2) is 0 Å². The molecular formula is C24H25NO7S2. The summed E-state index contributed by atoms with van der Waals surface area (Å²) >= 11 is 0. The van der Waals surface area contributed by atoms with E-state index in [1.54, 1.807) is 42.5 Å². The number of methoxy groups -OCH3 is 1. The van der Waals surface area contributed by atoms with Crippen molar-refractivity contribution in [3.8, 4) is 0 Å². The Morgan fingerprint density at radius 2 is 1.76 bits per heavy atom. The third-order valence-corrected chi connectivity index (χ3v) is 9.99. The summed E-state index contributed by atoms with van der Waals surface area (Å²) in [4.78, 5) is 0. The number of rotatable bonds is 7. The highest BCUT2D eigenvalue weighted by molar-refractivity contribution is 8.05. The van der Waals surface area contributed by atoms with Gasteiger partial charge in [0.15, 0.2) is 0 Å². The Hall–Kier alpha value is -2.60. The lowest BCUT2D eigenvalue weighted by Gasteiger charge is -2.39. The normalized spacial score (nSPS) is 22.0. The number of hydrogen-bond acceptors (Lipinski definition) is 6. The van der Waals surface area contributed by atoms with Crippen molar-refractivity contribution < 1.29 is 30.7 Å². The average molecular weight is 504 g/mol. The molecule has 0 radical (unpaired) electrons. The van der Waals surface area contributed by atoms with Crippen molar-refractivity contribution in [3.63, 3.8) is 0 Å². The van der Waals surface area contributed by atoms with Crippen LogP contribution < -0.4 is 5.32 Å². The van der Waals surface area contributed by atoms with Crippen LogP contribution in [0.2, 0.25) is 0 Å². The van der Waals surface area contributed by atoms with Gasteiger partial charge in [0.2, 0.25) is 0 Å². The van der Waals surface area contributed by atoms with Crippen molar-refractivity contribution in [3.05, 3.63) is 101 Å². The van der Waals surface area contributed by atoms with Gasteiger partial charge < -0.3 is 10.1 Å². The molecule has 0 spiro atoms. The molecule has 0 amide bonds. The highest BCUT2D eigenvalue weighted by atomic mass is 32.3. The first-order valence-corrected chi connectivity index (χ1v) is 13.4. The molecule has 0 fully saturated rings. The van der Waals surface area contributed by atoms with Gasteiger partial charge in [-0.15, -0.1) is 0 Å². The predicted octanol–water partition coefficient (Wildman–Crippen LogP) is 3.28. The van der Waals surface area contributed by atoms with Gasteiger partial charge in [-0.3, -0.25) is 9.11 Å². The first-order valence-electron chi connectivity index (χ1n) is 10.5. The zero-order valence-electron chi connectivity index (χ0n) is 18.3. The predicted molar refractivity (Wildman–Crippen MR) is 129 cm³/mol. The molecule has 3 N–H and O–H groups in total. The van der Waals surface area contributed by atoms with E-state index in [4.69, 9.17) is 4.74 Å². The molecule has 0 saturated heterocycles. The Morgan fingerprint density at radius 1 is 1.06 bits per heavy atom. The molecule has 2 aliphatic rings. The Kier molecular flexibility index (Phi) is 6.65. The third-order valence-electron chi connectivity index (χ3n) is 6.18. The topological polar surface area (TPSA) is 130 Å². The number of hydrogen-bond donors (Lipinski definition) is 3. The highest BCUT2D eigenvalue weighted by Gasteiger charge is 2.64. The molecule has 180 valence electrons. The van der Waals surface area contributed by atoms with E-state index in [1.807, 2.05) is 12.1 Å². The van der Waals surface area contributed by atoms with Crippen molar-refractivity contribution in [1.82, 2.24) is 5.32 Å². The molecule has 1 heterocycles. The van der Waals surface area contributed by atoms with Gasteiger partial charge in [0.1, 0.15) is 0 Å². The van der Waals surface area contributed by atoms with Crippen molar-refractivity contribution in [2.24, 2.45) is 5.92 Å². The summed E-state index contributed by atoms with van der Waals surface area (Å²) in [6.07, 6.45) is 7.10. The Balaban J connectivity index is 1.93. The van der Waals surface area contributed by atoms with Crippen LogP contribution in [0.25, 0.3) is 6.08 Å². The van der Waals surface area contributed by atoms with Crippen LogP contribution in [-0.2, 0) is 38.1 Å². The van der Waals surface area contributed by atoms with Crippen molar-refractivity contribution >= 4 is 26.3 Å². The van der Waals surface area contributed by atoms with Gasteiger partial charge in [0.25, 0.3) is 24.3 Å². The maximum Gasteiger partial charge on any atom is 0.292 e. The molecule has 0 aromatic heterocycles. The highest BCUT2D eigenvalue weighted by Crippen LogP contribution is 2.50. The first kappa shape index (κ1) is 24.5. The summed E-state index contributed by atoms with van der Waals surface area (Å²) in [7, 11) is -9.27. The second-order valence-corrected chi connectivity index (χ2v) is 11.6. The zero-order chi connectivity index (χ0) is 24.6. The third kappa shape index (κ3) is 4.06. The number of fused-ring (bicyclic) bond motifs is 1. The molecule has 8 nitrogen and oxygen atoms in total. The van der Waals surface area contributed by atoms with E-state index in [1.165, 1.54) is 31.4 Å². The fourth-order valence-electron chi connectivity index (χ4n) is 4.81. The lowest BCUT2D eigenvalue weighted by molar-refractivity contribution is 0.184. The summed E-state index contributed by atoms with van der Waals surface area (Å²) in [6, 6.07) is 13.4. The van der Waals surface area contributed by atoms with E-state index < -0.39 is 36.3 Å². The quantitative estimate of drug-likeness (QED) is 0.491. The number of benzene rings is 2. The van der Waals surface area contributed by atoms with E-state index in [0.717, 1.165) is 11.1 Å². The summed E-state index contributed by atoms with van der Waals surface area (Å²) < 4.78 is 74.8. The SMILES string of the molecule is COCc1cccc2c1C(C1=CC=CC(C=Cc3ccccc3)C1(S(=O)(=O)O)S(=O)(=O)O)NC2. The van der Waals surface area contributed by atoms with Crippen molar-refractivity contribution in [1.29, 1.82) is 0 Å². The van der Waals surface area contributed by atoms with E-state index >= 15 is 0 Å².